The third-order valence-electron chi connectivity index (χ3n) is 5.75. The summed E-state index contributed by atoms with van der Waals surface area (Å²) in [5.74, 6) is 0.960. The second-order valence-electron chi connectivity index (χ2n) is 7.23. The molecular formula is C24H21NO5. The van der Waals surface area contributed by atoms with E-state index in [1.807, 2.05) is 24.3 Å². The van der Waals surface area contributed by atoms with Gasteiger partial charge in [-0.05, 0) is 40.1 Å². The highest BCUT2D eigenvalue weighted by molar-refractivity contribution is 6.01. The summed E-state index contributed by atoms with van der Waals surface area (Å²) in [5, 5.41) is 5.59. The van der Waals surface area contributed by atoms with E-state index in [1.165, 1.54) is 0 Å². The Morgan fingerprint density at radius 2 is 1.70 bits per heavy atom. The maximum Gasteiger partial charge on any atom is 0.337 e. The first-order chi connectivity index (χ1) is 14.7. The fraction of sp³-hybridized carbons (Fsp3) is 0.208. The molecule has 6 heteroatoms. The van der Waals surface area contributed by atoms with Gasteiger partial charge in [0.05, 0.1) is 32.6 Å². The van der Waals surface area contributed by atoms with Gasteiger partial charge in [0.15, 0.2) is 11.5 Å². The maximum atomic E-state index is 12.8. The zero-order valence-corrected chi connectivity index (χ0v) is 16.9. The van der Waals surface area contributed by atoms with Gasteiger partial charge in [0, 0.05) is 11.6 Å². The van der Waals surface area contributed by atoms with Crippen LogP contribution in [0.1, 0.15) is 17.0 Å². The number of ether oxygens (including phenoxy) is 4. The summed E-state index contributed by atoms with van der Waals surface area (Å²) in [4.78, 5) is 12.8. The largest absolute Gasteiger partial charge is 0.493 e. The SMILES string of the molecule is COc1cc(C2C3=C(COC3=O)Nc3ccc4ccccc4c32)cc(OC)c1OC. The number of anilines is 1. The van der Waals surface area contributed by atoms with E-state index in [0.717, 1.165) is 33.3 Å². The zero-order chi connectivity index (χ0) is 20.8. The molecule has 0 fully saturated rings. The topological polar surface area (TPSA) is 66.0 Å². The lowest BCUT2D eigenvalue weighted by Gasteiger charge is -2.29. The third kappa shape index (κ3) is 2.60. The lowest BCUT2D eigenvalue weighted by atomic mass is 9.79. The minimum Gasteiger partial charge on any atom is -0.493 e. The van der Waals surface area contributed by atoms with E-state index in [9.17, 15) is 4.79 Å². The number of fused-ring (bicyclic) bond motifs is 3. The van der Waals surface area contributed by atoms with Crippen molar-refractivity contribution in [1.82, 2.24) is 0 Å². The van der Waals surface area contributed by atoms with Gasteiger partial charge in [-0.1, -0.05) is 30.3 Å². The normalized spacial score (nSPS) is 17.2. The molecule has 1 unspecified atom stereocenters. The predicted octanol–water partition coefficient (Wildman–Crippen LogP) is 4.23. The number of carbonyl (C=O) groups is 1. The molecule has 2 aliphatic rings. The van der Waals surface area contributed by atoms with E-state index < -0.39 is 0 Å². The van der Waals surface area contributed by atoms with E-state index >= 15 is 0 Å². The number of benzene rings is 3. The molecule has 0 saturated carbocycles. The number of nitrogens with one attached hydrogen (secondary N) is 1. The van der Waals surface area contributed by atoms with Gasteiger partial charge < -0.3 is 24.3 Å². The Morgan fingerprint density at radius 3 is 2.40 bits per heavy atom. The average Bonchev–Trinajstić information content (AvgIpc) is 3.16. The van der Waals surface area contributed by atoms with Crippen molar-refractivity contribution in [2.45, 2.75) is 5.92 Å². The van der Waals surface area contributed by atoms with Crippen molar-refractivity contribution in [3.05, 3.63) is 70.9 Å². The molecule has 30 heavy (non-hydrogen) atoms. The Labute approximate surface area is 174 Å². The van der Waals surface area contributed by atoms with E-state index in [-0.39, 0.29) is 18.5 Å². The molecule has 152 valence electrons. The molecule has 0 aromatic heterocycles. The van der Waals surface area contributed by atoms with Crippen molar-refractivity contribution in [2.75, 3.05) is 33.3 Å². The Kier molecular flexibility index (Phi) is 4.28. The molecule has 2 aliphatic heterocycles. The molecule has 0 aliphatic carbocycles. The van der Waals surface area contributed by atoms with Gasteiger partial charge in [-0.3, -0.25) is 0 Å². The molecule has 0 bridgehead atoms. The van der Waals surface area contributed by atoms with Crippen LogP contribution in [0.15, 0.2) is 59.8 Å². The number of esters is 1. The predicted molar refractivity (Wildman–Crippen MR) is 113 cm³/mol. The van der Waals surface area contributed by atoms with Crippen LogP contribution in [0.3, 0.4) is 0 Å². The van der Waals surface area contributed by atoms with Crippen LogP contribution in [0.25, 0.3) is 10.8 Å². The Hall–Kier alpha value is -3.67. The van der Waals surface area contributed by atoms with Gasteiger partial charge in [0.2, 0.25) is 5.75 Å². The van der Waals surface area contributed by atoms with Gasteiger partial charge in [-0.25, -0.2) is 4.79 Å². The summed E-state index contributed by atoms with van der Waals surface area (Å²) in [6.45, 7) is 0.237. The van der Waals surface area contributed by atoms with Crippen LogP contribution < -0.4 is 19.5 Å². The summed E-state index contributed by atoms with van der Waals surface area (Å²) in [7, 11) is 4.74. The molecule has 5 rings (SSSR count). The van der Waals surface area contributed by atoms with E-state index in [4.69, 9.17) is 18.9 Å². The highest BCUT2D eigenvalue weighted by Crippen LogP contribution is 2.50. The molecule has 1 atom stereocenters. The third-order valence-corrected chi connectivity index (χ3v) is 5.75. The minimum atomic E-state index is -0.328. The average molecular weight is 403 g/mol. The second-order valence-corrected chi connectivity index (χ2v) is 7.23. The van der Waals surface area contributed by atoms with Crippen molar-refractivity contribution >= 4 is 22.4 Å². The molecule has 1 N–H and O–H groups in total. The van der Waals surface area contributed by atoms with Gasteiger partial charge in [-0.15, -0.1) is 0 Å². The van der Waals surface area contributed by atoms with Crippen LogP contribution in [0, 0.1) is 0 Å². The summed E-state index contributed by atoms with van der Waals surface area (Å²) in [6, 6.07) is 16.1. The first-order valence-electron chi connectivity index (χ1n) is 9.65. The maximum absolute atomic E-state index is 12.8. The number of methoxy groups -OCH3 is 3. The number of hydrogen-bond donors (Lipinski definition) is 1. The fourth-order valence-corrected chi connectivity index (χ4v) is 4.44. The number of carbonyl (C=O) groups excluding carboxylic acids is 1. The summed E-state index contributed by atoms with van der Waals surface area (Å²) in [6.07, 6.45) is 0. The van der Waals surface area contributed by atoms with Crippen molar-refractivity contribution in [3.63, 3.8) is 0 Å². The molecule has 0 amide bonds. The van der Waals surface area contributed by atoms with Gasteiger partial charge in [0.1, 0.15) is 6.61 Å². The van der Waals surface area contributed by atoms with Crippen LogP contribution in [-0.4, -0.2) is 33.9 Å². The van der Waals surface area contributed by atoms with Crippen molar-refractivity contribution in [3.8, 4) is 17.2 Å². The van der Waals surface area contributed by atoms with Gasteiger partial charge in [0.25, 0.3) is 0 Å². The second kappa shape index (κ2) is 6.99. The highest BCUT2D eigenvalue weighted by atomic mass is 16.5. The first-order valence-corrected chi connectivity index (χ1v) is 9.65. The number of cyclic esters (lactones) is 1. The fourth-order valence-electron chi connectivity index (χ4n) is 4.44. The molecule has 3 aromatic carbocycles. The smallest absolute Gasteiger partial charge is 0.337 e. The summed E-state index contributed by atoms with van der Waals surface area (Å²) < 4.78 is 22.0. The van der Waals surface area contributed by atoms with Crippen molar-refractivity contribution < 1.29 is 23.7 Å². The van der Waals surface area contributed by atoms with Crippen LogP contribution >= 0.6 is 0 Å². The van der Waals surface area contributed by atoms with E-state index in [1.54, 1.807) is 21.3 Å². The Morgan fingerprint density at radius 1 is 0.967 bits per heavy atom. The van der Waals surface area contributed by atoms with Crippen LogP contribution in [0.5, 0.6) is 17.2 Å². The van der Waals surface area contributed by atoms with E-state index in [2.05, 4.69) is 29.6 Å². The van der Waals surface area contributed by atoms with Gasteiger partial charge >= 0.3 is 5.97 Å². The minimum absolute atomic E-state index is 0.237. The summed E-state index contributed by atoms with van der Waals surface area (Å²) >= 11 is 0. The molecule has 0 saturated heterocycles. The monoisotopic (exact) mass is 403 g/mol. The molecule has 3 aromatic rings. The lowest BCUT2D eigenvalue weighted by molar-refractivity contribution is -0.136. The Balaban J connectivity index is 1.83. The molecule has 2 heterocycles. The highest BCUT2D eigenvalue weighted by Gasteiger charge is 2.40. The molecular weight excluding hydrogens is 382 g/mol. The quantitative estimate of drug-likeness (QED) is 0.658. The van der Waals surface area contributed by atoms with Gasteiger partial charge in [-0.2, -0.15) is 0 Å². The van der Waals surface area contributed by atoms with Crippen LogP contribution in [0.2, 0.25) is 0 Å². The first kappa shape index (κ1) is 18.4. The molecule has 0 spiro atoms. The zero-order valence-electron chi connectivity index (χ0n) is 16.9. The summed E-state index contributed by atoms with van der Waals surface area (Å²) in [5.41, 5.74) is 4.27. The number of rotatable bonds is 4. The molecule has 0 radical (unpaired) electrons. The number of hydrogen-bond acceptors (Lipinski definition) is 6. The van der Waals surface area contributed by atoms with Crippen LogP contribution in [0.4, 0.5) is 5.69 Å². The van der Waals surface area contributed by atoms with Crippen molar-refractivity contribution in [2.24, 2.45) is 0 Å². The molecule has 6 nitrogen and oxygen atoms in total. The lowest BCUT2D eigenvalue weighted by Crippen LogP contribution is -2.20. The standard InChI is InChI=1S/C24H21NO5/c1-27-18-10-14(11-19(28-2)23(18)29-3)20-21-15-7-5-4-6-13(15)8-9-16(21)25-17-12-30-24(26)22(17)20/h4-11,20,25H,12H2,1-3H3. The van der Waals surface area contributed by atoms with Crippen molar-refractivity contribution in [1.29, 1.82) is 0 Å². The Bertz CT molecular complexity index is 1190. The van der Waals surface area contributed by atoms with Crippen LogP contribution in [-0.2, 0) is 9.53 Å². The van der Waals surface area contributed by atoms with E-state index in [0.29, 0.717) is 22.8 Å².